The quantitative estimate of drug-likeness (QED) is 0.899. The van der Waals surface area contributed by atoms with Gasteiger partial charge in [0.2, 0.25) is 0 Å². The first-order valence-corrected chi connectivity index (χ1v) is 8.04. The van der Waals surface area contributed by atoms with E-state index in [1.54, 1.807) is 0 Å². The van der Waals surface area contributed by atoms with Gasteiger partial charge in [-0.25, -0.2) is 0 Å². The summed E-state index contributed by atoms with van der Waals surface area (Å²) in [6.45, 7) is 10.2. The van der Waals surface area contributed by atoms with Crippen LogP contribution in [0.3, 0.4) is 0 Å². The topological polar surface area (TPSA) is 75.0 Å². The lowest BCUT2D eigenvalue weighted by molar-refractivity contribution is 0.0754. The average molecular weight is 292 g/mol. The van der Waals surface area contributed by atoms with E-state index in [1.165, 1.54) is 6.42 Å². The molecule has 0 spiro atoms. The molecule has 1 aliphatic rings. The fourth-order valence-corrected chi connectivity index (χ4v) is 3.11. The summed E-state index contributed by atoms with van der Waals surface area (Å²) < 4.78 is 0. The van der Waals surface area contributed by atoms with Crippen molar-refractivity contribution in [3.8, 4) is 0 Å². The summed E-state index contributed by atoms with van der Waals surface area (Å²) in [5.74, 6) is 1.61. The highest BCUT2D eigenvalue weighted by molar-refractivity contribution is 5.97. The van der Waals surface area contributed by atoms with E-state index in [0.29, 0.717) is 23.2 Å². The van der Waals surface area contributed by atoms with Gasteiger partial charge in [0.25, 0.3) is 5.91 Å². The lowest BCUT2D eigenvalue weighted by Gasteiger charge is -2.21. The average Bonchev–Trinajstić information content (AvgIpc) is 2.66. The number of nitrogens with two attached hydrogens (primary N) is 1. The van der Waals surface area contributed by atoms with E-state index in [0.717, 1.165) is 31.6 Å². The summed E-state index contributed by atoms with van der Waals surface area (Å²) in [4.78, 5) is 14.6. The molecule has 2 heterocycles. The Morgan fingerprint density at radius 2 is 2.00 bits per heavy atom. The third kappa shape index (κ3) is 3.39. The third-order valence-corrected chi connectivity index (χ3v) is 4.62. The molecule has 1 saturated heterocycles. The highest BCUT2D eigenvalue weighted by Gasteiger charge is 2.27. The Kier molecular flexibility index (Phi) is 4.91. The van der Waals surface area contributed by atoms with Crippen LogP contribution in [0.5, 0.6) is 0 Å². The largest absolute Gasteiger partial charge is 0.395 e. The molecule has 3 N–H and O–H groups in total. The van der Waals surface area contributed by atoms with Crippen molar-refractivity contribution in [1.82, 2.24) is 15.1 Å². The van der Waals surface area contributed by atoms with Crippen LogP contribution in [0, 0.1) is 11.8 Å². The first kappa shape index (κ1) is 15.9. The molecule has 0 aromatic carbocycles. The van der Waals surface area contributed by atoms with Crippen LogP contribution in [0.4, 0.5) is 5.69 Å². The van der Waals surface area contributed by atoms with E-state index in [9.17, 15) is 4.79 Å². The minimum absolute atomic E-state index is 0.0277. The van der Waals surface area contributed by atoms with Crippen molar-refractivity contribution in [3.05, 3.63) is 11.4 Å². The van der Waals surface area contributed by atoms with Crippen LogP contribution in [-0.2, 0) is 0 Å². The van der Waals surface area contributed by atoms with E-state index in [-0.39, 0.29) is 11.8 Å². The maximum Gasteiger partial charge on any atom is 0.276 e. The summed E-state index contributed by atoms with van der Waals surface area (Å²) in [5.41, 5.74) is 7.84. The van der Waals surface area contributed by atoms with Gasteiger partial charge < -0.3 is 10.6 Å². The summed E-state index contributed by atoms with van der Waals surface area (Å²) in [5, 5.41) is 7.07. The van der Waals surface area contributed by atoms with Crippen LogP contribution in [0.15, 0.2) is 0 Å². The molecule has 1 amide bonds. The van der Waals surface area contributed by atoms with Crippen LogP contribution < -0.4 is 5.73 Å². The molecule has 0 bridgehead atoms. The molecule has 1 fully saturated rings. The van der Waals surface area contributed by atoms with E-state index >= 15 is 0 Å². The molecule has 1 atom stereocenters. The number of nitrogens with zero attached hydrogens (tertiary/aromatic N) is 2. The van der Waals surface area contributed by atoms with Gasteiger partial charge >= 0.3 is 0 Å². The van der Waals surface area contributed by atoms with Crippen molar-refractivity contribution in [2.75, 3.05) is 18.8 Å². The SMILES string of the molecule is CC(C)c1[nH]nc(C(=O)N2CCCC(C(C)C)CC2)c1N. The normalized spacial score (nSPS) is 20.1. The molecular formula is C16H28N4O. The van der Waals surface area contributed by atoms with Crippen molar-refractivity contribution in [1.29, 1.82) is 0 Å². The molecule has 0 saturated carbocycles. The number of carbonyl (C=O) groups excluding carboxylic acids is 1. The Hall–Kier alpha value is -1.52. The molecule has 118 valence electrons. The maximum atomic E-state index is 12.6. The minimum Gasteiger partial charge on any atom is -0.395 e. The van der Waals surface area contributed by atoms with Gasteiger partial charge in [0.1, 0.15) is 0 Å². The zero-order valence-corrected chi connectivity index (χ0v) is 13.6. The van der Waals surface area contributed by atoms with Gasteiger partial charge in [0.15, 0.2) is 5.69 Å². The molecule has 0 aliphatic carbocycles. The first-order valence-electron chi connectivity index (χ1n) is 8.04. The monoisotopic (exact) mass is 292 g/mol. The molecule has 1 aromatic heterocycles. The Morgan fingerprint density at radius 1 is 1.29 bits per heavy atom. The number of amides is 1. The van der Waals surface area contributed by atoms with Crippen LogP contribution in [0.25, 0.3) is 0 Å². The number of aromatic nitrogens is 2. The van der Waals surface area contributed by atoms with Crippen LogP contribution in [-0.4, -0.2) is 34.1 Å². The van der Waals surface area contributed by atoms with Gasteiger partial charge in [0.05, 0.1) is 11.4 Å². The lowest BCUT2D eigenvalue weighted by atomic mass is 9.89. The number of nitrogens with one attached hydrogen (secondary N) is 1. The summed E-state index contributed by atoms with van der Waals surface area (Å²) >= 11 is 0. The predicted molar refractivity (Wildman–Crippen MR) is 85.2 cm³/mol. The number of likely N-dealkylation sites (tertiary alicyclic amines) is 1. The second-order valence-electron chi connectivity index (χ2n) is 6.78. The Balaban J connectivity index is 2.10. The van der Waals surface area contributed by atoms with Crippen LogP contribution in [0.1, 0.15) is 69.1 Å². The molecule has 1 aliphatic heterocycles. The van der Waals surface area contributed by atoms with E-state index in [4.69, 9.17) is 5.73 Å². The molecule has 0 radical (unpaired) electrons. The number of H-pyrrole nitrogens is 1. The number of hydrogen-bond donors (Lipinski definition) is 2. The zero-order valence-electron chi connectivity index (χ0n) is 13.6. The fourth-order valence-electron chi connectivity index (χ4n) is 3.11. The summed E-state index contributed by atoms with van der Waals surface area (Å²) in [7, 11) is 0. The van der Waals surface area contributed by atoms with Crippen molar-refractivity contribution < 1.29 is 4.79 Å². The van der Waals surface area contributed by atoms with E-state index in [2.05, 4.69) is 24.0 Å². The molecule has 1 unspecified atom stereocenters. The molecule has 2 rings (SSSR count). The maximum absolute atomic E-state index is 12.6. The fraction of sp³-hybridized carbons (Fsp3) is 0.750. The van der Waals surface area contributed by atoms with E-state index < -0.39 is 0 Å². The van der Waals surface area contributed by atoms with Gasteiger partial charge in [-0.15, -0.1) is 0 Å². The molecule has 21 heavy (non-hydrogen) atoms. The summed E-state index contributed by atoms with van der Waals surface area (Å²) in [6, 6.07) is 0. The number of rotatable bonds is 3. The Morgan fingerprint density at radius 3 is 2.57 bits per heavy atom. The molecule has 5 nitrogen and oxygen atoms in total. The third-order valence-electron chi connectivity index (χ3n) is 4.62. The second-order valence-corrected chi connectivity index (χ2v) is 6.78. The zero-order chi connectivity index (χ0) is 15.6. The minimum atomic E-state index is -0.0277. The van der Waals surface area contributed by atoms with Crippen LogP contribution in [0.2, 0.25) is 0 Å². The van der Waals surface area contributed by atoms with Gasteiger partial charge in [-0.1, -0.05) is 27.7 Å². The van der Waals surface area contributed by atoms with Crippen molar-refractivity contribution in [2.45, 2.75) is 52.9 Å². The predicted octanol–water partition coefficient (Wildman–Crippen LogP) is 3.01. The van der Waals surface area contributed by atoms with Gasteiger partial charge in [-0.3, -0.25) is 9.89 Å². The molecule has 1 aromatic rings. The van der Waals surface area contributed by atoms with Crippen molar-refractivity contribution >= 4 is 11.6 Å². The highest BCUT2D eigenvalue weighted by atomic mass is 16.2. The highest BCUT2D eigenvalue weighted by Crippen LogP contribution is 2.27. The van der Waals surface area contributed by atoms with Gasteiger partial charge in [-0.05, 0) is 37.0 Å². The number of hydrogen-bond acceptors (Lipinski definition) is 3. The first-order chi connectivity index (χ1) is 9.91. The molecule has 5 heteroatoms. The number of nitrogen functional groups attached to an aromatic ring is 1. The standard InChI is InChI=1S/C16H28N4O/c1-10(2)12-6-5-8-20(9-7-12)16(21)15-13(17)14(11(3)4)18-19-15/h10-12H,5-9,17H2,1-4H3,(H,18,19). The van der Waals surface area contributed by atoms with E-state index in [1.807, 2.05) is 18.7 Å². The van der Waals surface area contributed by atoms with Gasteiger partial charge in [0, 0.05) is 13.1 Å². The van der Waals surface area contributed by atoms with Crippen LogP contribution >= 0.6 is 0 Å². The number of aromatic amines is 1. The second kappa shape index (κ2) is 6.50. The Bertz CT molecular complexity index is 492. The summed E-state index contributed by atoms with van der Waals surface area (Å²) in [6.07, 6.45) is 3.34. The number of anilines is 1. The number of carbonyl (C=O) groups is 1. The van der Waals surface area contributed by atoms with Crippen molar-refractivity contribution in [2.24, 2.45) is 11.8 Å². The van der Waals surface area contributed by atoms with Gasteiger partial charge in [-0.2, -0.15) is 5.10 Å². The molecular weight excluding hydrogens is 264 g/mol. The Labute approximate surface area is 127 Å². The van der Waals surface area contributed by atoms with Crippen molar-refractivity contribution in [3.63, 3.8) is 0 Å². The lowest BCUT2D eigenvalue weighted by Crippen LogP contribution is -2.33. The smallest absolute Gasteiger partial charge is 0.276 e.